The number of carbonyl (C=O) groups is 5. The van der Waals surface area contributed by atoms with E-state index in [0.29, 0.717) is 5.56 Å². The van der Waals surface area contributed by atoms with Crippen molar-refractivity contribution in [3.63, 3.8) is 0 Å². The Kier molecular flexibility index (Phi) is 12.2. The van der Waals surface area contributed by atoms with Crippen molar-refractivity contribution >= 4 is 35.6 Å². The van der Waals surface area contributed by atoms with E-state index in [4.69, 9.17) is 27.1 Å². The number of carboxylic acids is 2. The Balaban J connectivity index is 3.00. The molecule has 35 heavy (non-hydrogen) atoms. The standard InChI is InChI=1S/C21H31N7O7/c22-13(10-16(29)30)18(33)27-14(7-4-8-25-21(23)24)20(35)28-15(19(34)26-11-17(31)32)9-12-5-2-1-3-6-12/h1-3,5-6,13-15H,4,7-11,22H2,(H,26,34)(H,27,33)(H,28,35)(H,29,30)(H,31,32)(H4,23,24,25)/t13-,14-,15-/m0/s1. The predicted octanol–water partition coefficient (Wildman–Crippen LogP) is -2.54. The molecule has 0 aliphatic rings. The van der Waals surface area contributed by atoms with Crippen molar-refractivity contribution in [2.24, 2.45) is 11.5 Å². The van der Waals surface area contributed by atoms with Gasteiger partial charge < -0.3 is 42.9 Å². The lowest BCUT2D eigenvalue weighted by Crippen LogP contribution is -2.56. The zero-order valence-electron chi connectivity index (χ0n) is 19.0. The zero-order valence-corrected chi connectivity index (χ0v) is 19.0. The number of benzene rings is 1. The average molecular weight is 494 g/mol. The van der Waals surface area contributed by atoms with Crippen LogP contribution in [0.1, 0.15) is 24.8 Å². The number of aliphatic carboxylic acids is 2. The van der Waals surface area contributed by atoms with Gasteiger partial charge >= 0.3 is 11.9 Å². The first-order valence-electron chi connectivity index (χ1n) is 10.7. The molecule has 192 valence electrons. The SMILES string of the molecule is N=C(N)NCCC[C@H](NC(=O)[C@@H](N)CC(=O)O)C(=O)N[C@@H](Cc1ccccc1)C(=O)NCC(=O)O. The first kappa shape index (κ1) is 28.8. The van der Waals surface area contributed by atoms with Crippen molar-refractivity contribution in [1.29, 1.82) is 5.41 Å². The molecule has 1 aromatic carbocycles. The van der Waals surface area contributed by atoms with E-state index >= 15 is 0 Å². The summed E-state index contributed by atoms with van der Waals surface area (Å²) in [5.74, 6) is -5.21. The average Bonchev–Trinajstić information content (AvgIpc) is 2.78. The van der Waals surface area contributed by atoms with Crippen LogP contribution in [0.15, 0.2) is 30.3 Å². The number of amides is 3. The molecule has 0 spiro atoms. The van der Waals surface area contributed by atoms with E-state index in [-0.39, 0.29) is 31.8 Å². The summed E-state index contributed by atoms with van der Waals surface area (Å²) in [6, 6.07) is 4.92. The van der Waals surface area contributed by atoms with Crippen molar-refractivity contribution in [3.05, 3.63) is 35.9 Å². The third kappa shape index (κ3) is 12.0. The number of nitrogens with one attached hydrogen (secondary N) is 5. The van der Waals surface area contributed by atoms with E-state index in [0.717, 1.165) is 0 Å². The van der Waals surface area contributed by atoms with Gasteiger partial charge in [-0.3, -0.25) is 29.4 Å². The molecule has 0 aromatic heterocycles. The van der Waals surface area contributed by atoms with E-state index in [9.17, 15) is 24.0 Å². The Morgan fingerprint density at radius 3 is 2.09 bits per heavy atom. The number of hydrogen-bond acceptors (Lipinski definition) is 7. The summed E-state index contributed by atoms with van der Waals surface area (Å²) < 4.78 is 0. The first-order valence-corrected chi connectivity index (χ1v) is 10.7. The van der Waals surface area contributed by atoms with Crippen LogP contribution in [0.4, 0.5) is 0 Å². The van der Waals surface area contributed by atoms with Gasteiger partial charge in [0.1, 0.15) is 18.6 Å². The van der Waals surface area contributed by atoms with Crippen LogP contribution >= 0.6 is 0 Å². The Hall–Kier alpha value is -4.20. The summed E-state index contributed by atoms with van der Waals surface area (Å²) >= 11 is 0. The molecule has 11 N–H and O–H groups in total. The second-order valence-corrected chi connectivity index (χ2v) is 7.61. The minimum absolute atomic E-state index is 0.0448. The van der Waals surface area contributed by atoms with Gasteiger partial charge in [0.2, 0.25) is 17.7 Å². The Labute approximate surface area is 201 Å². The molecule has 0 aliphatic carbocycles. The summed E-state index contributed by atoms with van der Waals surface area (Å²) in [5.41, 5.74) is 11.5. The number of rotatable bonds is 15. The minimum Gasteiger partial charge on any atom is -0.481 e. The fraction of sp³-hybridized carbons (Fsp3) is 0.429. The van der Waals surface area contributed by atoms with Gasteiger partial charge in [0.25, 0.3) is 0 Å². The molecule has 3 atom stereocenters. The maximum atomic E-state index is 13.0. The lowest BCUT2D eigenvalue weighted by Gasteiger charge is -2.24. The van der Waals surface area contributed by atoms with Gasteiger partial charge in [-0.25, -0.2) is 0 Å². The molecule has 0 aliphatic heterocycles. The van der Waals surface area contributed by atoms with Crippen LogP contribution < -0.4 is 32.7 Å². The largest absolute Gasteiger partial charge is 0.481 e. The molecule has 0 bridgehead atoms. The van der Waals surface area contributed by atoms with Crippen molar-refractivity contribution < 1.29 is 34.2 Å². The van der Waals surface area contributed by atoms with Crippen molar-refractivity contribution in [1.82, 2.24) is 21.3 Å². The molecule has 0 heterocycles. The lowest BCUT2D eigenvalue weighted by atomic mass is 10.0. The number of nitrogens with two attached hydrogens (primary N) is 2. The van der Waals surface area contributed by atoms with Gasteiger partial charge in [-0.05, 0) is 18.4 Å². The highest BCUT2D eigenvalue weighted by Gasteiger charge is 2.29. The van der Waals surface area contributed by atoms with E-state index in [1.807, 2.05) is 0 Å². The van der Waals surface area contributed by atoms with Crippen LogP contribution in [0, 0.1) is 5.41 Å². The number of guanidine groups is 1. The molecule has 1 aromatic rings. The normalized spacial score (nSPS) is 12.9. The molecular weight excluding hydrogens is 462 g/mol. The van der Waals surface area contributed by atoms with E-state index in [1.165, 1.54) is 0 Å². The molecular formula is C21H31N7O7. The minimum atomic E-state index is -1.41. The first-order chi connectivity index (χ1) is 16.5. The monoisotopic (exact) mass is 493 g/mol. The van der Waals surface area contributed by atoms with Gasteiger partial charge in [-0.15, -0.1) is 0 Å². The fourth-order valence-electron chi connectivity index (χ4n) is 2.97. The quantitative estimate of drug-likeness (QED) is 0.0703. The summed E-state index contributed by atoms with van der Waals surface area (Å²) in [6.45, 7) is -0.441. The number of carbonyl (C=O) groups excluding carboxylic acids is 3. The van der Waals surface area contributed by atoms with Crippen LogP contribution in [0.5, 0.6) is 0 Å². The van der Waals surface area contributed by atoms with E-state index in [1.54, 1.807) is 30.3 Å². The third-order valence-corrected chi connectivity index (χ3v) is 4.68. The van der Waals surface area contributed by atoms with Gasteiger partial charge in [0.05, 0.1) is 12.5 Å². The Bertz CT molecular complexity index is 911. The smallest absolute Gasteiger partial charge is 0.322 e. The molecule has 1 rings (SSSR count). The molecule has 14 nitrogen and oxygen atoms in total. The van der Waals surface area contributed by atoms with E-state index in [2.05, 4.69) is 21.3 Å². The third-order valence-electron chi connectivity index (χ3n) is 4.68. The molecule has 0 saturated heterocycles. The second kappa shape index (κ2) is 14.8. The van der Waals surface area contributed by atoms with Crippen LogP contribution in [-0.4, -0.2) is 77.0 Å². The second-order valence-electron chi connectivity index (χ2n) is 7.61. The van der Waals surface area contributed by atoms with Gasteiger partial charge in [-0.1, -0.05) is 30.3 Å². The maximum absolute atomic E-state index is 13.0. The summed E-state index contributed by atoms with van der Waals surface area (Å²) in [7, 11) is 0. The number of carboxylic acid groups (broad SMARTS) is 2. The molecule has 0 radical (unpaired) electrons. The van der Waals surface area contributed by atoms with E-state index < -0.39 is 60.8 Å². The van der Waals surface area contributed by atoms with Crippen molar-refractivity contribution in [2.75, 3.05) is 13.1 Å². The highest BCUT2D eigenvalue weighted by atomic mass is 16.4. The van der Waals surface area contributed by atoms with Gasteiger partial charge in [-0.2, -0.15) is 0 Å². The van der Waals surface area contributed by atoms with Crippen molar-refractivity contribution in [3.8, 4) is 0 Å². The summed E-state index contributed by atoms with van der Waals surface area (Å²) in [4.78, 5) is 59.6. The van der Waals surface area contributed by atoms with Crippen LogP contribution in [0.2, 0.25) is 0 Å². The molecule has 3 amide bonds. The molecule has 0 saturated carbocycles. The predicted molar refractivity (Wildman–Crippen MR) is 124 cm³/mol. The number of hydrogen-bond donors (Lipinski definition) is 9. The van der Waals surface area contributed by atoms with Gasteiger partial charge in [0, 0.05) is 13.0 Å². The lowest BCUT2D eigenvalue weighted by molar-refractivity contribution is -0.139. The van der Waals surface area contributed by atoms with Gasteiger partial charge in [0.15, 0.2) is 5.96 Å². The summed E-state index contributed by atoms with van der Waals surface area (Å²) in [5, 5.41) is 34.5. The van der Waals surface area contributed by atoms with Crippen molar-refractivity contribution in [2.45, 2.75) is 43.8 Å². The zero-order chi connectivity index (χ0) is 26.4. The Morgan fingerprint density at radius 1 is 0.886 bits per heavy atom. The maximum Gasteiger partial charge on any atom is 0.322 e. The molecule has 14 heteroatoms. The molecule has 0 unspecified atom stereocenters. The fourth-order valence-corrected chi connectivity index (χ4v) is 2.97. The molecule has 0 fully saturated rings. The van der Waals surface area contributed by atoms with Crippen LogP contribution in [-0.2, 0) is 30.4 Å². The highest BCUT2D eigenvalue weighted by molar-refractivity contribution is 5.94. The Morgan fingerprint density at radius 2 is 1.51 bits per heavy atom. The van der Waals surface area contributed by atoms with Crippen LogP contribution in [0.3, 0.4) is 0 Å². The van der Waals surface area contributed by atoms with Crippen LogP contribution in [0.25, 0.3) is 0 Å². The topological polar surface area (TPSA) is 250 Å². The summed E-state index contributed by atoms with van der Waals surface area (Å²) in [6.07, 6.45) is -0.281. The highest BCUT2D eigenvalue weighted by Crippen LogP contribution is 2.06.